The molecule has 2 heterocycles. The van der Waals surface area contributed by atoms with E-state index in [0.29, 0.717) is 13.1 Å². The molecule has 8 heteroatoms. The lowest BCUT2D eigenvalue weighted by Crippen LogP contribution is -2.35. The largest absolute Gasteiger partial charge is 0.506 e. The second-order valence-electron chi connectivity index (χ2n) is 7.63. The van der Waals surface area contributed by atoms with Crippen LogP contribution in [0, 0.1) is 0 Å². The molecule has 1 aliphatic rings. The molecule has 164 valence electrons. The lowest BCUT2D eigenvalue weighted by Gasteiger charge is -2.26. The van der Waals surface area contributed by atoms with E-state index in [4.69, 9.17) is 4.74 Å². The van der Waals surface area contributed by atoms with Crippen LogP contribution in [0.1, 0.15) is 12.5 Å². The van der Waals surface area contributed by atoms with E-state index in [1.165, 1.54) is 10.2 Å². The molecule has 1 aromatic heterocycles. The first kappa shape index (κ1) is 21.1. The van der Waals surface area contributed by atoms with E-state index in [1.807, 2.05) is 36.1 Å². The van der Waals surface area contributed by atoms with Crippen molar-refractivity contribution in [2.75, 3.05) is 44.3 Å². The molecule has 0 atom stereocenters. The minimum Gasteiger partial charge on any atom is -0.506 e. The van der Waals surface area contributed by atoms with Gasteiger partial charge in [0.05, 0.1) is 31.1 Å². The molecular weight excluding hydrogens is 394 g/mol. The fraction of sp³-hybridized carbons (Fsp3) is 0.391. The van der Waals surface area contributed by atoms with Crippen LogP contribution in [0.4, 0.5) is 5.69 Å². The van der Waals surface area contributed by atoms with E-state index in [1.54, 1.807) is 23.0 Å². The molecule has 0 spiro atoms. The highest BCUT2D eigenvalue weighted by atomic mass is 16.5. The van der Waals surface area contributed by atoms with Crippen LogP contribution < -0.4 is 10.6 Å². The van der Waals surface area contributed by atoms with Gasteiger partial charge in [0.1, 0.15) is 12.1 Å². The summed E-state index contributed by atoms with van der Waals surface area (Å²) in [7, 11) is 0. The van der Waals surface area contributed by atoms with E-state index in [2.05, 4.69) is 22.1 Å². The molecule has 1 saturated heterocycles. The summed E-state index contributed by atoms with van der Waals surface area (Å²) < 4.78 is 8.42. The van der Waals surface area contributed by atoms with Gasteiger partial charge in [-0.15, -0.1) is 0 Å². The quantitative estimate of drug-likeness (QED) is 0.598. The number of ether oxygens (including phenoxy) is 1. The Labute approximate surface area is 181 Å². The number of anilines is 1. The second-order valence-corrected chi connectivity index (χ2v) is 7.63. The highest BCUT2D eigenvalue weighted by Gasteiger charge is 2.13. The number of nitrogens with zero attached hydrogens (tertiary/aromatic N) is 5. The first-order chi connectivity index (χ1) is 15.2. The number of benzene rings is 2. The Kier molecular flexibility index (Phi) is 6.69. The average Bonchev–Trinajstić information content (AvgIpc) is 3.17. The Bertz CT molecular complexity index is 1040. The van der Waals surface area contributed by atoms with Crippen molar-refractivity contribution in [1.29, 1.82) is 0 Å². The molecule has 0 unspecified atom stereocenters. The monoisotopic (exact) mass is 423 g/mol. The van der Waals surface area contributed by atoms with Crippen LogP contribution in [0.3, 0.4) is 0 Å². The van der Waals surface area contributed by atoms with E-state index in [-0.39, 0.29) is 11.4 Å². The number of rotatable bonds is 8. The number of phenols is 1. The van der Waals surface area contributed by atoms with Crippen LogP contribution in [0.15, 0.2) is 59.7 Å². The molecule has 0 radical (unpaired) electrons. The van der Waals surface area contributed by atoms with Crippen LogP contribution >= 0.6 is 0 Å². The third kappa shape index (κ3) is 4.98. The number of hydrogen-bond acceptors (Lipinski definition) is 6. The maximum absolute atomic E-state index is 12.8. The summed E-state index contributed by atoms with van der Waals surface area (Å²) in [5, 5.41) is 14.4. The summed E-state index contributed by atoms with van der Waals surface area (Å²) >= 11 is 0. The molecule has 31 heavy (non-hydrogen) atoms. The summed E-state index contributed by atoms with van der Waals surface area (Å²) in [4.78, 5) is 17.2. The summed E-state index contributed by atoms with van der Waals surface area (Å²) in [5.74, 6) is 0.236. The van der Waals surface area contributed by atoms with Gasteiger partial charge in [-0.1, -0.05) is 24.3 Å². The maximum atomic E-state index is 12.8. The van der Waals surface area contributed by atoms with Gasteiger partial charge < -0.3 is 14.7 Å². The molecule has 2 aromatic carbocycles. The minimum absolute atomic E-state index is 0.172. The molecule has 0 amide bonds. The van der Waals surface area contributed by atoms with Crippen LogP contribution in [-0.4, -0.2) is 63.7 Å². The lowest BCUT2D eigenvalue weighted by atomic mass is 10.2. The number of hydrogen-bond donors (Lipinski definition) is 1. The zero-order chi connectivity index (χ0) is 21.6. The molecule has 8 nitrogen and oxygen atoms in total. The first-order valence-electron chi connectivity index (χ1n) is 10.7. The van der Waals surface area contributed by atoms with Crippen molar-refractivity contribution in [1.82, 2.24) is 19.2 Å². The molecule has 1 N–H and O–H groups in total. The van der Waals surface area contributed by atoms with Gasteiger partial charge in [0.15, 0.2) is 0 Å². The van der Waals surface area contributed by atoms with Gasteiger partial charge >= 0.3 is 5.69 Å². The average molecular weight is 424 g/mol. The fourth-order valence-corrected chi connectivity index (χ4v) is 3.84. The smallest absolute Gasteiger partial charge is 0.350 e. The third-order valence-corrected chi connectivity index (χ3v) is 5.64. The fourth-order valence-electron chi connectivity index (χ4n) is 3.84. The zero-order valence-electron chi connectivity index (χ0n) is 17.9. The molecular formula is C23H29N5O3. The van der Waals surface area contributed by atoms with Crippen LogP contribution in [0.5, 0.6) is 5.75 Å². The summed E-state index contributed by atoms with van der Waals surface area (Å²) in [5.41, 5.74) is 2.60. The SMILES string of the molecule is CCN(CCn1ncn(-c2ccc(CN3CCOCC3)cc2)c1=O)c1ccccc1O. The minimum atomic E-state index is -0.172. The molecule has 0 aliphatic carbocycles. The third-order valence-electron chi connectivity index (χ3n) is 5.64. The van der Waals surface area contributed by atoms with Crippen molar-refractivity contribution in [2.24, 2.45) is 0 Å². The van der Waals surface area contributed by atoms with Crippen molar-refractivity contribution in [3.63, 3.8) is 0 Å². The number of morpholine rings is 1. The van der Waals surface area contributed by atoms with Crippen molar-refractivity contribution in [3.8, 4) is 11.4 Å². The molecule has 4 rings (SSSR count). The molecule has 0 saturated carbocycles. The number of phenolic OH excluding ortho intramolecular Hbond substituents is 1. The van der Waals surface area contributed by atoms with Crippen LogP contribution in [0.2, 0.25) is 0 Å². The first-order valence-corrected chi connectivity index (χ1v) is 10.7. The number of aromatic hydroxyl groups is 1. The van der Waals surface area contributed by atoms with E-state index in [9.17, 15) is 9.90 Å². The van der Waals surface area contributed by atoms with Crippen LogP contribution in [-0.2, 0) is 17.8 Å². The lowest BCUT2D eigenvalue weighted by molar-refractivity contribution is 0.0342. The number of aromatic nitrogens is 3. The summed E-state index contributed by atoms with van der Waals surface area (Å²) in [6.45, 7) is 8.10. The van der Waals surface area contributed by atoms with Gasteiger partial charge in [-0.05, 0) is 36.8 Å². The molecule has 3 aromatic rings. The highest BCUT2D eigenvalue weighted by molar-refractivity contribution is 5.57. The number of likely N-dealkylation sites (N-methyl/N-ethyl adjacent to an activating group) is 1. The van der Waals surface area contributed by atoms with Crippen molar-refractivity contribution in [3.05, 3.63) is 70.9 Å². The predicted octanol–water partition coefficient (Wildman–Crippen LogP) is 2.10. The normalized spacial score (nSPS) is 14.6. The molecule has 1 fully saturated rings. The maximum Gasteiger partial charge on any atom is 0.350 e. The Morgan fingerprint density at radius 3 is 2.55 bits per heavy atom. The van der Waals surface area contributed by atoms with Crippen molar-refractivity contribution < 1.29 is 9.84 Å². The summed E-state index contributed by atoms with van der Waals surface area (Å²) in [6, 6.07) is 15.3. The molecule has 0 bridgehead atoms. The predicted molar refractivity (Wildman–Crippen MR) is 120 cm³/mol. The van der Waals surface area contributed by atoms with Gasteiger partial charge in [-0.3, -0.25) is 4.90 Å². The van der Waals surface area contributed by atoms with Gasteiger partial charge in [0.2, 0.25) is 0 Å². The zero-order valence-corrected chi connectivity index (χ0v) is 17.9. The Morgan fingerprint density at radius 2 is 1.84 bits per heavy atom. The van der Waals surface area contributed by atoms with Crippen molar-refractivity contribution >= 4 is 5.69 Å². The van der Waals surface area contributed by atoms with E-state index < -0.39 is 0 Å². The number of para-hydroxylation sites is 2. The van der Waals surface area contributed by atoms with E-state index >= 15 is 0 Å². The second kappa shape index (κ2) is 9.80. The standard InChI is InChI=1S/C23H29N5O3/c1-2-26(21-5-3-4-6-22(21)29)11-12-28-23(30)27(18-24-28)20-9-7-19(8-10-20)17-25-13-15-31-16-14-25/h3-10,18,29H,2,11-17H2,1H3. The van der Waals surface area contributed by atoms with Gasteiger partial charge in [-0.2, -0.15) is 5.10 Å². The topological polar surface area (TPSA) is 75.8 Å². The molecule has 1 aliphatic heterocycles. The Balaban J connectivity index is 1.42. The van der Waals surface area contributed by atoms with Crippen molar-refractivity contribution in [2.45, 2.75) is 20.0 Å². The highest BCUT2D eigenvalue weighted by Crippen LogP contribution is 2.25. The van der Waals surface area contributed by atoms with Crippen LogP contribution in [0.25, 0.3) is 5.69 Å². The van der Waals surface area contributed by atoms with Gasteiger partial charge in [-0.25, -0.2) is 14.0 Å². The van der Waals surface area contributed by atoms with E-state index in [0.717, 1.165) is 50.8 Å². The van der Waals surface area contributed by atoms with Gasteiger partial charge in [0, 0.05) is 32.7 Å². The Morgan fingerprint density at radius 1 is 1.10 bits per heavy atom. The van der Waals surface area contributed by atoms with Gasteiger partial charge in [0.25, 0.3) is 0 Å². The Hall–Kier alpha value is -3.10. The summed E-state index contributed by atoms with van der Waals surface area (Å²) in [6.07, 6.45) is 1.57.